The van der Waals surface area contributed by atoms with Gasteiger partial charge in [0.25, 0.3) is 6.01 Å². The van der Waals surface area contributed by atoms with Gasteiger partial charge >= 0.3 is 11.9 Å². The Balaban J connectivity index is 0.000000426. The van der Waals surface area contributed by atoms with Crippen molar-refractivity contribution >= 4 is 40.7 Å². The summed E-state index contributed by atoms with van der Waals surface area (Å²) < 4.78 is 12.3. The quantitative estimate of drug-likeness (QED) is 0.213. The summed E-state index contributed by atoms with van der Waals surface area (Å²) in [6.07, 6.45) is 4.90. The molecule has 5 rings (SSSR count). The first-order valence-electron chi connectivity index (χ1n) is 13.1. The monoisotopic (exact) mass is 578 g/mol. The molecule has 3 N–H and O–H groups in total. The van der Waals surface area contributed by atoms with Gasteiger partial charge in [-0.3, -0.25) is 4.98 Å². The van der Waals surface area contributed by atoms with Gasteiger partial charge in [-0.05, 0) is 54.8 Å². The lowest BCUT2D eigenvalue weighted by Crippen LogP contribution is -2.39. The molecule has 3 heterocycles. The SMILES string of the molecule is Clc1ccc(C(OC2CCN(CCNc3nc4ccccc4o3)CC2)c2ccccn2)cc1.O=C(O)/C=C/C(=O)O. The number of ether oxygens (including phenoxy) is 1. The molecule has 1 aliphatic heterocycles. The number of nitrogens with one attached hydrogen (secondary N) is 1. The van der Waals surface area contributed by atoms with Gasteiger partial charge in [0.05, 0.1) is 11.8 Å². The second kappa shape index (κ2) is 14.9. The summed E-state index contributed by atoms with van der Waals surface area (Å²) in [5, 5.41) is 19.6. The van der Waals surface area contributed by atoms with Crippen LogP contribution in [0.1, 0.15) is 30.2 Å². The molecule has 4 aromatic rings. The topological polar surface area (TPSA) is 138 Å². The van der Waals surface area contributed by atoms with Crippen LogP contribution in [0, 0.1) is 0 Å². The highest BCUT2D eigenvalue weighted by molar-refractivity contribution is 6.30. The normalized spacial score (nSPS) is 14.9. The molecule has 10 nitrogen and oxygen atoms in total. The predicted octanol–water partition coefficient (Wildman–Crippen LogP) is 5.27. The first-order valence-corrected chi connectivity index (χ1v) is 13.5. The number of benzene rings is 2. The number of pyridine rings is 1. The van der Waals surface area contributed by atoms with Gasteiger partial charge in [0.1, 0.15) is 11.6 Å². The van der Waals surface area contributed by atoms with E-state index in [9.17, 15) is 9.59 Å². The molecule has 0 bridgehead atoms. The summed E-state index contributed by atoms with van der Waals surface area (Å²) in [6.45, 7) is 3.72. The van der Waals surface area contributed by atoms with Crippen LogP contribution in [0.5, 0.6) is 0 Å². The lowest BCUT2D eigenvalue weighted by atomic mass is 10.0. The van der Waals surface area contributed by atoms with Crippen molar-refractivity contribution < 1.29 is 29.0 Å². The third-order valence-corrected chi connectivity index (χ3v) is 6.61. The average molecular weight is 579 g/mol. The molecule has 1 saturated heterocycles. The number of hydrogen-bond acceptors (Lipinski definition) is 8. The van der Waals surface area contributed by atoms with E-state index in [-0.39, 0.29) is 12.2 Å². The van der Waals surface area contributed by atoms with Crippen LogP contribution in [-0.4, -0.2) is 69.3 Å². The molecule has 0 aliphatic carbocycles. The van der Waals surface area contributed by atoms with E-state index in [1.165, 1.54) is 0 Å². The van der Waals surface area contributed by atoms with Gasteiger partial charge in [-0.2, -0.15) is 4.98 Å². The third kappa shape index (κ3) is 9.42. The Kier molecular flexibility index (Phi) is 10.8. The summed E-state index contributed by atoms with van der Waals surface area (Å²) in [5.41, 5.74) is 3.68. The Morgan fingerprint density at radius 3 is 2.34 bits per heavy atom. The summed E-state index contributed by atoms with van der Waals surface area (Å²) in [4.78, 5) is 30.6. The molecule has 1 fully saturated rings. The highest BCUT2D eigenvalue weighted by Gasteiger charge is 2.25. The summed E-state index contributed by atoms with van der Waals surface area (Å²) >= 11 is 6.09. The van der Waals surface area contributed by atoms with Gasteiger partial charge in [0.2, 0.25) is 0 Å². The smallest absolute Gasteiger partial charge is 0.328 e. The number of rotatable bonds is 10. The molecule has 1 atom stereocenters. The van der Waals surface area contributed by atoms with Gasteiger partial charge in [-0.25, -0.2) is 9.59 Å². The fourth-order valence-electron chi connectivity index (χ4n) is 4.36. The molecule has 11 heteroatoms. The Morgan fingerprint density at radius 1 is 1.02 bits per heavy atom. The third-order valence-electron chi connectivity index (χ3n) is 6.36. The van der Waals surface area contributed by atoms with Gasteiger partial charge < -0.3 is 29.6 Å². The number of para-hydroxylation sites is 2. The fourth-order valence-corrected chi connectivity index (χ4v) is 4.49. The molecule has 2 aromatic heterocycles. The highest BCUT2D eigenvalue weighted by Crippen LogP contribution is 2.29. The molecule has 1 unspecified atom stereocenters. The average Bonchev–Trinajstić information content (AvgIpc) is 3.40. The van der Waals surface area contributed by atoms with Crippen molar-refractivity contribution in [1.82, 2.24) is 14.9 Å². The summed E-state index contributed by atoms with van der Waals surface area (Å²) in [7, 11) is 0. The van der Waals surface area contributed by atoms with Gasteiger partial charge in [0, 0.05) is 49.6 Å². The molecule has 41 heavy (non-hydrogen) atoms. The molecule has 0 spiro atoms. The number of carbonyl (C=O) groups is 2. The number of nitrogens with zero attached hydrogens (tertiary/aromatic N) is 3. The van der Waals surface area contributed by atoms with Crippen LogP contribution in [0.2, 0.25) is 5.02 Å². The maximum absolute atomic E-state index is 9.55. The molecular formula is C30H31ClN4O6. The molecule has 2 aromatic carbocycles. The number of carboxylic acids is 2. The van der Waals surface area contributed by atoms with Crippen LogP contribution in [-0.2, 0) is 14.3 Å². The van der Waals surface area contributed by atoms with E-state index in [4.69, 9.17) is 31.0 Å². The van der Waals surface area contributed by atoms with Crippen LogP contribution in [0.15, 0.2) is 89.5 Å². The molecule has 0 saturated carbocycles. The standard InChI is InChI=1S/C26H27ClN4O2.C4H4O4/c27-20-10-8-19(9-11-20)25(23-6-3-4-14-28-23)32-21-12-16-31(17-13-21)18-15-29-26-30-22-5-1-2-7-24(22)33-26;5-3(6)1-2-4(7)8/h1-11,14,21,25H,12-13,15-18H2,(H,29,30);1-2H,(H,5,6)(H,7,8)/b;2-1+. The van der Waals surface area contributed by atoms with E-state index in [0.717, 1.165) is 66.4 Å². The zero-order valence-corrected chi connectivity index (χ0v) is 23.0. The number of oxazole rings is 1. The minimum Gasteiger partial charge on any atom is -0.478 e. The number of halogens is 1. The lowest BCUT2D eigenvalue weighted by Gasteiger charge is -2.34. The number of fused-ring (bicyclic) bond motifs is 1. The maximum Gasteiger partial charge on any atom is 0.328 e. The second-order valence-electron chi connectivity index (χ2n) is 9.29. The molecule has 214 valence electrons. The van der Waals surface area contributed by atoms with Crippen molar-refractivity contribution in [3.05, 3.63) is 101 Å². The second-order valence-corrected chi connectivity index (χ2v) is 9.72. The Hall–Kier alpha value is -4.25. The van der Waals surface area contributed by atoms with Crippen molar-refractivity contribution in [3.8, 4) is 0 Å². The molecule has 0 amide bonds. The first kappa shape index (κ1) is 29.7. The number of aliphatic carboxylic acids is 2. The number of piperidine rings is 1. The van der Waals surface area contributed by atoms with Gasteiger partial charge in [-0.1, -0.05) is 41.9 Å². The van der Waals surface area contributed by atoms with Gasteiger partial charge in [0.15, 0.2) is 5.58 Å². The lowest BCUT2D eigenvalue weighted by molar-refractivity contribution is -0.134. The van der Waals surface area contributed by atoms with E-state index >= 15 is 0 Å². The van der Waals surface area contributed by atoms with E-state index in [2.05, 4.69) is 20.2 Å². The van der Waals surface area contributed by atoms with Crippen LogP contribution >= 0.6 is 11.6 Å². The zero-order chi connectivity index (χ0) is 29.0. The van der Waals surface area contributed by atoms with Crippen LogP contribution < -0.4 is 5.32 Å². The Labute approximate surface area is 242 Å². The molecule has 1 aliphatic rings. The number of aromatic nitrogens is 2. The van der Waals surface area contributed by atoms with Crippen molar-refractivity contribution in [2.45, 2.75) is 25.0 Å². The van der Waals surface area contributed by atoms with Crippen molar-refractivity contribution in [2.24, 2.45) is 0 Å². The van der Waals surface area contributed by atoms with E-state index < -0.39 is 11.9 Å². The summed E-state index contributed by atoms with van der Waals surface area (Å²) in [5.74, 6) is -2.51. The largest absolute Gasteiger partial charge is 0.478 e. The Bertz CT molecular complexity index is 1390. The van der Waals surface area contributed by atoms with Gasteiger partial charge in [-0.15, -0.1) is 0 Å². The van der Waals surface area contributed by atoms with Crippen molar-refractivity contribution in [3.63, 3.8) is 0 Å². The van der Waals surface area contributed by atoms with E-state index in [0.29, 0.717) is 18.2 Å². The molecule has 0 radical (unpaired) electrons. The minimum atomic E-state index is -1.26. The summed E-state index contributed by atoms with van der Waals surface area (Å²) in [6, 6.07) is 22.2. The first-order chi connectivity index (χ1) is 19.9. The number of likely N-dealkylation sites (tertiary alicyclic amines) is 1. The minimum absolute atomic E-state index is 0.189. The van der Waals surface area contributed by atoms with Crippen LogP contribution in [0.3, 0.4) is 0 Å². The predicted molar refractivity (Wildman–Crippen MR) is 155 cm³/mol. The number of anilines is 1. The zero-order valence-electron chi connectivity index (χ0n) is 22.2. The fraction of sp³-hybridized carbons (Fsp3) is 0.267. The van der Waals surface area contributed by atoms with Crippen LogP contribution in [0.25, 0.3) is 11.1 Å². The Morgan fingerprint density at radius 2 is 1.71 bits per heavy atom. The molecular weight excluding hydrogens is 548 g/mol. The van der Waals surface area contributed by atoms with Crippen molar-refractivity contribution in [2.75, 3.05) is 31.5 Å². The van der Waals surface area contributed by atoms with E-state index in [1.807, 2.05) is 72.9 Å². The maximum atomic E-state index is 9.55. The van der Waals surface area contributed by atoms with E-state index in [1.54, 1.807) is 0 Å². The van der Waals surface area contributed by atoms with Crippen molar-refractivity contribution in [1.29, 1.82) is 0 Å². The highest BCUT2D eigenvalue weighted by atomic mass is 35.5. The number of hydrogen-bond donors (Lipinski definition) is 3. The van der Waals surface area contributed by atoms with Crippen LogP contribution in [0.4, 0.5) is 6.01 Å². The number of carboxylic acid groups (broad SMARTS) is 2.